The largest absolute Gasteiger partial charge is 0.481 e. The van der Waals surface area contributed by atoms with E-state index in [1.165, 1.54) is 24.3 Å². The van der Waals surface area contributed by atoms with Gasteiger partial charge in [0, 0.05) is 17.7 Å². The molecule has 0 amide bonds. The molecule has 0 bridgehead atoms. The molecule has 2 rings (SSSR count). The molecule has 0 aliphatic carbocycles. The van der Waals surface area contributed by atoms with Crippen LogP contribution in [0.4, 0.5) is 0 Å². The standard InChI is InChI=1S/C10H8O6S2.C2H4O2/c11-17(12,13)9-5-1-3-7-8(9)4-2-6-10(7)18(14,15)16;1-2(3)4/h1-6H,(H,11,12,13)(H,14,15,16);1H3,(H,3,4). The van der Waals surface area contributed by atoms with E-state index in [0.29, 0.717) is 0 Å². The summed E-state index contributed by atoms with van der Waals surface area (Å²) in [5.74, 6) is -0.833. The number of aliphatic carboxylic acids is 1. The van der Waals surface area contributed by atoms with Gasteiger partial charge in [0.15, 0.2) is 0 Å². The lowest BCUT2D eigenvalue weighted by Gasteiger charge is -2.06. The third-order valence-electron chi connectivity index (χ3n) is 2.40. The van der Waals surface area contributed by atoms with Gasteiger partial charge in [0.25, 0.3) is 26.2 Å². The monoisotopic (exact) mass is 348 g/mol. The summed E-state index contributed by atoms with van der Waals surface area (Å²) in [6.45, 7) is 1.08. The predicted molar refractivity (Wildman–Crippen MR) is 76.9 cm³/mol. The Bertz CT molecular complexity index is 838. The molecule has 22 heavy (non-hydrogen) atoms. The third-order valence-corrected chi connectivity index (χ3v) is 4.22. The topological polar surface area (TPSA) is 146 Å². The molecule has 2 aromatic carbocycles. The van der Waals surface area contributed by atoms with Crippen LogP contribution < -0.4 is 0 Å². The highest BCUT2D eigenvalue weighted by Gasteiger charge is 2.18. The number of carboxylic acids is 1. The predicted octanol–water partition coefficient (Wildman–Crippen LogP) is 1.42. The van der Waals surface area contributed by atoms with Crippen LogP contribution in [-0.4, -0.2) is 37.0 Å². The maximum Gasteiger partial charge on any atom is 0.300 e. The number of fused-ring (bicyclic) bond motifs is 1. The van der Waals surface area contributed by atoms with Crippen LogP contribution in [0.2, 0.25) is 0 Å². The number of hydrogen-bond acceptors (Lipinski definition) is 5. The Hall–Kier alpha value is -2.01. The second-order valence-corrected chi connectivity index (χ2v) is 6.86. The summed E-state index contributed by atoms with van der Waals surface area (Å²) in [4.78, 5) is 8.18. The number of rotatable bonds is 2. The molecule has 0 saturated heterocycles. The Morgan fingerprint density at radius 3 is 1.32 bits per heavy atom. The molecule has 0 aromatic heterocycles. The molecular formula is C12H12O8S2. The van der Waals surface area contributed by atoms with Crippen LogP contribution in [0.5, 0.6) is 0 Å². The van der Waals surface area contributed by atoms with Crippen molar-refractivity contribution in [1.82, 2.24) is 0 Å². The lowest BCUT2D eigenvalue weighted by molar-refractivity contribution is -0.134. The van der Waals surface area contributed by atoms with Crippen LogP contribution in [0.1, 0.15) is 6.92 Å². The minimum absolute atomic E-state index is 0.0233. The van der Waals surface area contributed by atoms with Crippen LogP contribution in [0.15, 0.2) is 46.2 Å². The average Bonchev–Trinajstić information content (AvgIpc) is 2.34. The number of carbonyl (C=O) groups is 1. The summed E-state index contributed by atoms with van der Waals surface area (Å²) in [6, 6.07) is 7.53. The van der Waals surface area contributed by atoms with Crippen molar-refractivity contribution < 1.29 is 35.8 Å². The number of hydrogen-bond donors (Lipinski definition) is 3. The molecule has 8 nitrogen and oxygen atoms in total. The van der Waals surface area contributed by atoms with E-state index in [1.807, 2.05) is 0 Å². The summed E-state index contributed by atoms with van der Waals surface area (Å²) < 4.78 is 62.7. The molecule has 0 spiro atoms. The molecule has 0 aliphatic rings. The van der Waals surface area contributed by atoms with Crippen molar-refractivity contribution in [3.63, 3.8) is 0 Å². The van der Waals surface area contributed by atoms with E-state index >= 15 is 0 Å². The molecular weight excluding hydrogens is 336 g/mol. The van der Waals surface area contributed by atoms with Crippen molar-refractivity contribution in [3.8, 4) is 0 Å². The van der Waals surface area contributed by atoms with Crippen LogP contribution in [0.3, 0.4) is 0 Å². The number of carboxylic acid groups (broad SMARTS) is 1. The first-order valence-electron chi connectivity index (χ1n) is 5.61. The molecule has 0 radical (unpaired) electrons. The normalized spacial score (nSPS) is 11.6. The highest BCUT2D eigenvalue weighted by molar-refractivity contribution is 7.86. The zero-order valence-corrected chi connectivity index (χ0v) is 12.8. The summed E-state index contributed by atoms with van der Waals surface area (Å²) >= 11 is 0. The summed E-state index contributed by atoms with van der Waals surface area (Å²) in [7, 11) is -8.94. The molecule has 120 valence electrons. The molecule has 0 saturated carbocycles. The van der Waals surface area contributed by atoms with Gasteiger partial charge in [-0.3, -0.25) is 13.9 Å². The Morgan fingerprint density at radius 1 is 0.818 bits per heavy atom. The summed E-state index contributed by atoms with van der Waals surface area (Å²) in [6.07, 6.45) is 0. The quantitative estimate of drug-likeness (QED) is 0.691. The van der Waals surface area contributed by atoms with Crippen molar-refractivity contribution in [3.05, 3.63) is 36.4 Å². The lowest BCUT2D eigenvalue weighted by Crippen LogP contribution is -2.02. The number of benzene rings is 2. The SMILES string of the molecule is CC(=O)O.O=S(=O)(O)c1cccc2c(S(=O)(=O)O)cccc12. The van der Waals surface area contributed by atoms with E-state index in [1.54, 1.807) is 0 Å². The van der Waals surface area contributed by atoms with Crippen LogP contribution >= 0.6 is 0 Å². The Balaban J connectivity index is 0.000000541. The molecule has 0 atom stereocenters. The zero-order chi connectivity index (χ0) is 17.1. The van der Waals surface area contributed by atoms with E-state index in [9.17, 15) is 16.8 Å². The van der Waals surface area contributed by atoms with Gasteiger partial charge in [-0.15, -0.1) is 0 Å². The van der Waals surface area contributed by atoms with E-state index in [0.717, 1.165) is 19.1 Å². The Morgan fingerprint density at radius 2 is 1.09 bits per heavy atom. The Kier molecular flexibility index (Phi) is 5.25. The molecule has 0 unspecified atom stereocenters. The van der Waals surface area contributed by atoms with Gasteiger partial charge in [-0.25, -0.2) is 0 Å². The highest BCUT2D eigenvalue weighted by Crippen LogP contribution is 2.27. The molecule has 3 N–H and O–H groups in total. The van der Waals surface area contributed by atoms with Crippen molar-refractivity contribution in [2.45, 2.75) is 16.7 Å². The first-order valence-corrected chi connectivity index (χ1v) is 8.49. The molecule has 0 heterocycles. The smallest absolute Gasteiger partial charge is 0.300 e. The Labute approximate surface area is 126 Å². The fourth-order valence-electron chi connectivity index (χ4n) is 1.70. The fourth-order valence-corrected chi connectivity index (χ4v) is 3.12. The fraction of sp³-hybridized carbons (Fsp3) is 0.0833. The first kappa shape index (κ1) is 18.0. The minimum atomic E-state index is -4.47. The van der Waals surface area contributed by atoms with Gasteiger partial charge in [0.2, 0.25) is 0 Å². The first-order chi connectivity index (χ1) is 9.94. The molecule has 2 aromatic rings. The average molecular weight is 348 g/mol. The maximum atomic E-state index is 11.2. The van der Waals surface area contributed by atoms with E-state index in [4.69, 9.17) is 19.0 Å². The van der Waals surface area contributed by atoms with Gasteiger partial charge in [0.1, 0.15) is 9.79 Å². The van der Waals surface area contributed by atoms with Crippen LogP contribution in [-0.2, 0) is 25.0 Å². The van der Waals surface area contributed by atoms with Gasteiger partial charge in [-0.1, -0.05) is 24.3 Å². The minimum Gasteiger partial charge on any atom is -0.481 e. The van der Waals surface area contributed by atoms with Crippen molar-refractivity contribution in [1.29, 1.82) is 0 Å². The molecule has 0 fully saturated rings. The summed E-state index contributed by atoms with van der Waals surface area (Å²) in [5.41, 5.74) is 0. The third kappa shape index (κ3) is 4.49. The van der Waals surface area contributed by atoms with E-state index in [-0.39, 0.29) is 10.8 Å². The van der Waals surface area contributed by atoms with Gasteiger partial charge in [0.05, 0.1) is 0 Å². The van der Waals surface area contributed by atoms with E-state index in [2.05, 4.69) is 0 Å². The molecule has 10 heteroatoms. The van der Waals surface area contributed by atoms with Crippen molar-refractivity contribution in [2.24, 2.45) is 0 Å². The summed E-state index contributed by atoms with van der Waals surface area (Å²) in [5, 5.41) is 7.46. The maximum absolute atomic E-state index is 11.2. The second-order valence-electron chi connectivity index (χ2n) is 4.08. The van der Waals surface area contributed by atoms with E-state index < -0.39 is 36.0 Å². The lowest BCUT2D eigenvalue weighted by atomic mass is 10.1. The van der Waals surface area contributed by atoms with Crippen molar-refractivity contribution in [2.75, 3.05) is 0 Å². The van der Waals surface area contributed by atoms with Crippen LogP contribution in [0, 0.1) is 0 Å². The second kappa shape index (κ2) is 6.40. The van der Waals surface area contributed by atoms with Gasteiger partial charge in [-0.2, -0.15) is 16.8 Å². The van der Waals surface area contributed by atoms with Crippen molar-refractivity contribution >= 4 is 37.0 Å². The molecule has 0 aliphatic heterocycles. The highest BCUT2D eigenvalue weighted by atomic mass is 32.2. The van der Waals surface area contributed by atoms with Gasteiger partial charge >= 0.3 is 0 Å². The zero-order valence-electron chi connectivity index (χ0n) is 11.2. The van der Waals surface area contributed by atoms with Crippen LogP contribution in [0.25, 0.3) is 10.8 Å². The van der Waals surface area contributed by atoms with Gasteiger partial charge in [-0.05, 0) is 12.1 Å². The van der Waals surface area contributed by atoms with Gasteiger partial charge < -0.3 is 5.11 Å².